The lowest BCUT2D eigenvalue weighted by Gasteiger charge is -2.25. The zero-order valence-corrected chi connectivity index (χ0v) is 8.98. The van der Waals surface area contributed by atoms with Crippen LogP contribution in [0.25, 0.3) is 0 Å². The molecule has 0 unspecified atom stereocenters. The third kappa shape index (κ3) is 1.23. The summed E-state index contributed by atoms with van der Waals surface area (Å²) in [6.45, 7) is 0. The second-order valence-corrected chi connectivity index (χ2v) is 4.49. The molecule has 86 valence electrons. The fourth-order valence-corrected chi connectivity index (χ4v) is 2.53. The number of aliphatic hydroxyl groups is 2. The number of hydrogen-bond acceptors (Lipinski definition) is 5. The summed E-state index contributed by atoms with van der Waals surface area (Å²) in [5.41, 5.74) is 0.268. The van der Waals surface area contributed by atoms with Crippen molar-refractivity contribution in [1.82, 2.24) is 9.55 Å². The highest BCUT2D eigenvalue weighted by Gasteiger charge is 2.48. The highest BCUT2D eigenvalue weighted by molar-refractivity contribution is 7.71. The maximum atomic E-state index is 11.7. The maximum Gasteiger partial charge on any atom is 0.328 e. The summed E-state index contributed by atoms with van der Waals surface area (Å²) in [6.07, 6.45) is -2.94. The predicted molar refractivity (Wildman–Crippen MR) is 55.5 cm³/mol. The van der Waals surface area contributed by atoms with Gasteiger partial charge in [-0.1, -0.05) is 12.2 Å². The van der Waals surface area contributed by atoms with E-state index in [1.165, 1.54) is 4.57 Å². The average molecular weight is 242 g/mol. The van der Waals surface area contributed by atoms with Gasteiger partial charge in [0.15, 0.2) is 6.23 Å². The number of nitrogens with one attached hydrogen (secondary N) is 1. The Balaban J connectivity index is 2.23. The van der Waals surface area contributed by atoms with Gasteiger partial charge in [-0.2, -0.15) is 0 Å². The van der Waals surface area contributed by atoms with Crippen molar-refractivity contribution >= 4 is 12.2 Å². The van der Waals surface area contributed by atoms with Crippen LogP contribution in [-0.2, 0) is 11.2 Å². The first-order chi connectivity index (χ1) is 7.58. The minimum Gasteiger partial charge on any atom is -0.388 e. The van der Waals surface area contributed by atoms with Crippen molar-refractivity contribution in [2.45, 2.75) is 31.0 Å². The molecule has 4 atom stereocenters. The number of H-pyrrole nitrogens is 1. The summed E-state index contributed by atoms with van der Waals surface area (Å²) < 4.78 is 7.04. The molecule has 3 N–H and O–H groups in total. The van der Waals surface area contributed by atoms with E-state index in [0.717, 1.165) is 0 Å². The SMILES string of the molecule is O=c1[nH]c(=S)cc2n1[C@@H]1O[C@H](C2)[C@@H](O)[C@H]1O. The fraction of sp³-hybridized carbons (Fsp3) is 0.556. The summed E-state index contributed by atoms with van der Waals surface area (Å²) in [5, 5.41) is 19.4. The van der Waals surface area contributed by atoms with Crippen LogP contribution in [0.4, 0.5) is 0 Å². The highest BCUT2D eigenvalue weighted by Crippen LogP contribution is 2.35. The zero-order valence-electron chi connectivity index (χ0n) is 8.16. The van der Waals surface area contributed by atoms with E-state index < -0.39 is 30.2 Å². The van der Waals surface area contributed by atoms with Crippen molar-refractivity contribution < 1.29 is 14.9 Å². The molecule has 0 amide bonds. The molecule has 3 heterocycles. The Morgan fingerprint density at radius 3 is 3.00 bits per heavy atom. The summed E-state index contributed by atoms with van der Waals surface area (Å²) in [7, 11) is 0. The first-order valence-corrected chi connectivity index (χ1v) is 5.35. The van der Waals surface area contributed by atoms with Gasteiger partial charge in [-0.05, 0) is 6.07 Å². The molecule has 0 radical (unpaired) electrons. The van der Waals surface area contributed by atoms with Gasteiger partial charge < -0.3 is 14.9 Å². The van der Waals surface area contributed by atoms with Gasteiger partial charge in [0.2, 0.25) is 0 Å². The molecule has 1 aromatic heterocycles. The minimum atomic E-state index is -1.08. The van der Waals surface area contributed by atoms with E-state index in [-0.39, 0.29) is 0 Å². The normalized spacial score (nSPS) is 36.1. The smallest absolute Gasteiger partial charge is 0.328 e. The van der Waals surface area contributed by atoms with Crippen LogP contribution in [0.15, 0.2) is 10.9 Å². The van der Waals surface area contributed by atoms with Crippen molar-refractivity contribution in [2.24, 2.45) is 0 Å². The summed E-state index contributed by atoms with van der Waals surface area (Å²) in [6, 6.07) is 1.66. The van der Waals surface area contributed by atoms with E-state index in [0.29, 0.717) is 16.8 Å². The van der Waals surface area contributed by atoms with Crippen LogP contribution in [0.3, 0.4) is 0 Å². The lowest BCUT2D eigenvalue weighted by molar-refractivity contribution is -0.0574. The van der Waals surface area contributed by atoms with Gasteiger partial charge in [-0.15, -0.1) is 0 Å². The Morgan fingerprint density at radius 2 is 2.25 bits per heavy atom. The molecule has 1 saturated heterocycles. The van der Waals surface area contributed by atoms with Crippen LogP contribution in [0.5, 0.6) is 0 Å². The van der Waals surface area contributed by atoms with Gasteiger partial charge in [0.1, 0.15) is 16.8 Å². The van der Waals surface area contributed by atoms with Gasteiger partial charge >= 0.3 is 5.69 Å². The van der Waals surface area contributed by atoms with Crippen LogP contribution in [0, 0.1) is 4.64 Å². The third-order valence-corrected chi connectivity index (χ3v) is 3.28. The molecule has 1 aromatic rings. The van der Waals surface area contributed by atoms with Crippen molar-refractivity contribution in [3.63, 3.8) is 0 Å². The van der Waals surface area contributed by atoms with Crippen LogP contribution in [0.1, 0.15) is 11.9 Å². The Kier molecular flexibility index (Phi) is 2.05. The molecule has 2 bridgehead atoms. The second-order valence-electron chi connectivity index (χ2n) is 4.05. The quantitative estimate of drug-likeness (QED) is 0.512. The molecular formula is C9H10N2O4S. The van der Waals surface area contributed by atoms with Crippen molar-refractivity contribution in [2.75, 3.05) is 0 Å². The average Bonchev–Trinajstić information content (AvgIpc) is 2.43. The summed E-state index contributed by atoms with van der Waals surface area (Å²) in [4.78, 5) is 14.2. The molecular weight excluding hydrogens is 232 g/mol. The number of hydrogen-bond donors (Lipinski definition) is 3. The minimum absolute atomic E-state index is 0.349. The molecule has 3 rings (SSSR count). The lowest BCUT2D eigenvalue weighted by atomic mass is 10.1. The first-order valence-electron chi connectivity index (χ1n) is 4.94. The molecule has 16 heavy (non-hydrogen) atoms. The van der Waals surface area contributed by atoms with Crippen LogP contribution >= 0.6 is 12.2 Å². The van der Waals surface area contributed by atoms with E-state index in [1.54, 1.807) is 6.07 Å². The third-order valence-electron chi connectivity index (χ3n) is 3.06. The number of rotatable bonds is 0. The van der Waals surface area contributed by atoms with E-state index >= 15 is 0 Å². The van der Waals surface area contributed by atoms with Crippen LogP contribution in [-0.4, -0.2) is 38.1 Å². The van der Waals surface area contributed by atoms with Crippen molar-refractivity contribution in [3.05, 3.63) is 26.9 Å². The maximum absolute atomic E-state index is 11.7. The summed E-state index contributed by atoms with van der Waals surface area (Å²) >= 11 is 4.91. The Bertz CT molecular complexity index is 551. The molecule has 2 aliphatic rings. The van der Waals surface area contributed by atoms with Gasteiger partial charge in [0, 0.05) is 12.1 Å². The Labute approximate surface area is 95.1 Å². The number of nitrogens with zero attached hydrogens (tertiary/aromatic N) is 1. The van der Waals surface area contributed by atoms with E-state index in [2.05, 4.69) is 4.98 Å². The first kappa shape index (κ1) is 10.2. The molecule has 2 aliphatic heterocycles. The van der Waals surface area contributed by atoms with Crippen molar-refractivity contribution in [3.8, 4) is 0 Å². The molecule has 6 nitrogen and oxygen atoms in total. The number of aromatic nitrogens is 2. The van der Waals surface area contributed by atoms with Crippen LogP contribution in [0.2, 0.25) is 0 Å². The number of aliphatic hydroxyl groups excluding tert-OH is 2. The van der Waals surface area contributed by atoms with Gasteiger partial charge in [0.05, 0.1) is 6.10 Å². The van der Waals surface area contributed by atoms with Crippen molar-refractivity contribution in [1.29, 1.82) is 0 Å². The van der Waals surface area contributed by atoms with E-state index in [4.69, 9.17) is 17.0 Å². The Hall–Kier alpha value is -1.02. The number of aromatic amines is 1. The van der Waals surface area contributed by atoms with Crippen LogP contribution < -0.4 is 5.69 Å². The molecule has 0 spiro atoms. The highest BCUT2D eigenvalue weighted by atomic mass is 32.1. The zero-order chi connectivity index (χ0) is 11.4. The fourth-order valence-electron chi connectivity index (χ4n) is 2.31. The monoisotopic (exact) mass is 242 g/mol. The predicted octanol–water partition coefficient (Wildman–Crippen LogP) is -0.919. The van der Waals surface area contributed by atoms with Gasteiger partial charge in [0.25, 0.3) is 0 Å². The van der Waals surface area contributed by atoms with Gasteiger partial charge in [-0.3, -0.25) is 9.55 Å². The molecule has 7 heteroatoms. The van der Waals surface area contributed by atoms with Gasteiger partial charge in [-0.25, -0.2) is 4.79 Å². The standard InChI is InChI=1S/C9H10N2O4S/c12-6-4-1-3-2-5(16)10-9(14)11(3)8(15-4)7(6)13/h2,4,6-8,12-13H,1H2,(H,10,14,16)/t4-,6-,7-,8-/m1/s1. The molecule has 0 aliphatic carbocycles. The summed E-state index contributed by atoms with van der Waals surface area (Å²) in [5.74, 6) is 0. The van der Waals surface area contributed by atoms with E-state index in [9.17, 15) is 15.0 Å². The van der Waals surface area contributed by atoms with E-state index in [1.807, 2.05) is 0 Å². The number of ether oxygens (including phenoxy) is 1. The Morgan fingerprint density at radius 1 is 1.50 bits per heavy atom. The largest absolute Gasteiger partial charge is 0.388 e. The molecule has 0 saturated carbocycles. The lowest BCUT2D eigenvalue weighted by Crippen LogP contribution is -2.37. The number of fused-ring (bicyclic) bond motifs is 4. The topological polar surface area (TPSA) is 87.5 Å². The second kappa shape index (κ2) is 3.24. The molecule has 1 fully saturated rings. The molecule has 0 aromatic carbocycles.